The Balaban J connectivity index is 5.17. The lowest BCUT2D eigenvalue weighted by atomic mass is 9.90. The number of aliphatic imine (C=N–C) groups is 1. The molecule has 1 atom stereocenters. The molecule has 0 aliphatic carbocycles. The molecule has 150 valence electrons. The first-order valence-electron chi connectivity index (χ1n) is 9.21. The van der Waals surface area contributed by atoms with Gasteiger partial charge >= 0.3 is 0 Å². The van der Waals surface area contributed by atoms with Crippen LogP contribution in [0.3, 0.4) is 0 Å². The molecule has 0 spiro atoms. The van der Waals surface area contributed by atoms with E-state index in [0.29, 0.717) is 38.8 Å². The van der Waals surface area contributed by atoms with E-state index in [1.807, 2.05) is 13.8 Å². The summed E-state index contributed by atoms with van der Waals surface area (Å²) in [6.07, 6.45) is 2.06. The van der Waals surface area contributed by atoms with E-state index in [4.69, 9.17) is 11.5 Å². The SMILES string of the molecule is CCNC(=O)C(CCCN=C(N)N)NC(=O)C(CC)(CC)NC(=O)CC. The number of nitrogens with zero attached hydrogens (tertiary/aromatic N) is 1. The van der Waals surface area contributed by atoms with Gasteiger partial charge < -0.3 is 27.4 Å². The lowest BCUT2D eigenvalue weighted by Gasteiger charge is -2.33. The third kappa shape index (κ3) is 7.71. The smallest absolute Gasteiger partial charge is 0.246 e. The maximum Gasteiger partial charge on any atom is 0.246 e. The summed E-state index contributed by atoms with van der Waals surface area (Å²) >= 11 is 0. The standard InChI is InChI=1S/C17H34N6O3/c1-5-13(24)23-17(6-2,7-3)15(26)22-12(14(25)20-8-4)10-9-11-21-16(18)19/h12H,5-11H2,1-4H3,(H,20,25)(H,22,26)(H,23,24)(H4,18,19,21). The van der Waals surface area contributed by atoms with Crippen LogP contribution in [0.4, 0.5) is 0 Å². The highest BCUT2D eigenvalue weighted by molar-refractivity contribution is 5.94. The van der Waals surface area contributed by atoms with Crippen molar-refractivity contribution in [2.24, 2.45) is 16.5 Å². The number of guanidine groups is 1. The summed E-state index contributed by atoms with van der Waals surface area (Å²) in [5.41, 5.74) is 9.55. The first-order chi connectivity index (χ1) is 12.3. The highest BCUT2D eigenvalue weighted by Gasteiger charge is 2.37. The van der Waals surface area contributed by atoms with Gasteiger partial charge in [0.2, 0.25) is 17.7 Å². The summed E-state index contributed by atoms with van der Waals surface area (Å²) in [5, 5.41) is 8.30. The molecule has 9 heteroatoms. The first kappa shape index (κ1) is 23.7. The molecule has 7 N–H and O–H groups in total. The van der Waals surface area contributed by atoms with E-state index < -0.39 is 11.6 Å². The number of nitrogens with one attached hydrogen (secondary N) is 3. The molecule has 0 radical (unpaired) electrons. The van der Waals surface area contributed by atoms with Crippen molar-refractivity contribution < 1.29 is 14.4 Å². The average molecular weight is 370 g/mol. The van der Waals surface area contributed by atoms with Gasteiger partial charge in [-0.2, -0.15) is 0 Å². The molecular weight excluding hydrogens is 336 g/mol. The molecule has 0 aliphatic heterocycles. The Labute approximate surface area is 155 Å². The maximum absolute atomic E-state index is 12.9. The maximum atomic E-state index is 12.9. The Morgan fingerprint density at radius 1 is 1.08 bits per heavy atom. The minimum Gasteiger partial charge on any atom is -0.370 e. The predicted molar refractivity (Wildman–Crippen MR) is 102 cm³/mol. The fraction of sp³-hybridized carbons (Fsp3) is 0.765. The van der Waals surface area contributed by atoms with E-state index in [-0.39, 0.29) is 30.1 Å². The Morgan fingerprint density at radius 3 is 2.15 bits per heavy atom. The molecule has 0 saturated heterocycles. The van der Waals surface area contributed by atoms with Crippen LogP contribution in [0.25, 0.3) is 0 Å². The molecular formula is C17H34N6O3. The van der Waals surface area contributed by atoms with Crippen molar-refractivity contribution in [3.8, 4) is 0 Å². The van der Waals surface area contributed by atoms with Gasteiger partial charge in [-0.25, -0.2) is 0 Å². The van der Waals surface area contributed by atoms with E-state index in [1.165, 1.54) is 0 Å². The summed E-state index contributed by atoms with van der Waals surface area (Å²) in [6, 6.07) is -0.715. The fourth-order valence-electron chi connectivity index (χ4n) is 2.53. The molecule has 26 heavy (non-hydrogen) atoms. The van der Waals surface area contributed by atoms with Crippen LogP contribution in [0.5, 0.6) is 0 Å². The number of hydrogen-bond donors (Lipinski definition) is 5. The third-order valence-corrected chi connectivity index (χ3v) is 4.26. The second kappa shape index (κ2) is 12.1. The van der Waals surface area contributed by atoms with E-state index in [1.54, 1.807) is 13.8 Å². The van der Waals surface area contributed by atoms with Gasteiger partial charge in [-0.15, -0.1) is 0 Å². The van der Waals surface area contributed by atoms with Crippen LogP contribution in [0.1, 0.15) is 59.8 Å². The normalized spacial score (nSPS) is 12.0. The molecule has 9 nitrogen and oxygen atoms in total. The quantitative estimate of drug-likeness (QED) is 0.182. The molecule has 0 rings (SSSR count). The summed E-state index contributed by atoms with van der Waals surface area (Å²) in [4.78, 5) is 40.9. The van der Waals surface area contributed by atoms with Gasteiger partial charge in [0.25, 0.3) is 0 Å². The summed E-state index contributed by atoms with van der Waals surface area (Å²) < 4.78 is 0. The van der Waals surface area contributed by atoms with Gasteiger partial charge in [-0.3, -0.25) is 19.4 Å². The van der Waals surface area contributed by atoms with Crippen molar-refractivity contribution in [2.45, 2.75) is 71.4 Å². The number of amides is 3. The molecule has 0 aromatic carbocycles. The largest absolute Gasteiger partial charge is 0.370 e. The predicted octanol–water partition coefficient (Wildman–Crippen LogP) is -0.254. The summed E-state index contributed by atoms with van der Waals surface area (Å²) in [5.74, 6) is -0.844. The second-order valence-corrected chi connectivity index (χ2v) is 6.06. The van der Waals surface area contributed by atoms with Crippen LogP contribution in [0, 0.1) is 0 Å². The highest BCUT2D eigenvalue weighted by atomic mass is 16.2. The molecule has 0 aliphatic rings. The van der Waals surface area contributed by atoms with E-state index >= 15 is 0 Å². The molecule has 1 unspecified atom stereocenters. The van der Waals surface area contributed by atoms with Crippen LogP contribution in [0.2, 0.25) is 0 Å². The Hall–Kier alpha value is -2.32. The summed E-state index contributed by atoms with van der Waals surface area (Å²) in [7, 11) is 0. The topological polar surface area (TPSA) is 152 Å². The van der Waals surface area contributed by atoms with Gasteiger partial charge in [0.05, 0.1) is 0 Å². The molecule has 0 aromatic heterocycles. The summed E-state index contributed by atoms with van der Waals surface area (Å²) in [6.45, 7) is 8.02. The third-order valence-electron chi connectivity index (χ3n) is 4.26. The minimum atomic E-state index is -1.03. The van der Waals surface area contributed by atoms with Crippen molar-refractivity contribution >= 4 is 23.7 Å². The Morgan fingerprint density at radius 2 is 1.69 bits per heavy atom. The monoisotopic (exact) mass is 370 g/mol. The van der Waals surface area contributed by atoms with Crippen LogP contribution in [0.15, 0.2) is 4.99 Å². The molecule has 0 heterocycles. The molecule has 0 saturated carbocycles. The zero-order valence-electron chi connectivity index (χ0n) is 16.4. The molecule has 3 amide bonds. The number of carbonyl (C=O) groups is 3. The van der Waals surface area contributed by atoms with Crippen molar-refractivity contribution in [2.75, 3.05) is 13.1 Å². The van der Waals surface area contributed by atoms with Crippen LogP contribution in [-0.2, 0) is 14.4 Å². The lowest BCUT2D eigenvalue weighted by Crippen LogP contribution is -2.61. The Bertz CT molecular complexity index is 499. The average Bonchev–Trinajstić information content (AvgIpc) is 2.61. The number of rotatable bonds is 12. The lowest BCUT2D eigenvalue weighted by molar-refractivity contribution is -0.136. The number of likely N-dealkylation sites (N-methyl/N-ethyl adjacent to an activating group) is 1. The van der Waals surface area contributed by atoms with Crippen molar-refractivity contribution in [3.63, 3.8) is 0 Å². The van der Waals surface area contributed by atoms with Gasteiger partial charge in [0, 0.05) is 19.5 Å². The molecule has 0 bridgehead atoms. The minimum absolute atomic E-state index is 0.0122. The molecule has 0 fully saturated rings. The van der Waals surface area contributed by atoms with E-state index in [0.717, 1.165) is 0 Å². The number of hydrogen-bond acceptors (Lipinski definition) is 4. The van der Waals surface area contributed by atoms with Crippen molar-refractivity contribution in [1.82, 2.24) is 16.0 Å². The van der Waals surface area contributed by atoms with Gasteiger partial charge in [-0.1, -0.05) is 20.8 Å². The van der Waals surface area contributed by atoms with Gasteiger partial charge in [-0.05, 0) is 32.6 Å². The fourth-order valence-corrected chi connectivity index (χ4v) is 2.53. The van der Waals surface area contributed by atoms with Crippen LogP contribution in [-0.4, -0.2) is 48.4 Å². The zero-order valence-corrected chi connectivity index (χ0v) is 16.4. The van der Waals surface area contributed by atoms with Crippen LogP contribution >= 0.6 is 0 Å². The number of nitrogens with two attached hydrogens (primary N) is 2. The highest BCUT2D eigenvalue weighted by Crippen LogP contribution is 2.17. The van der Waals surface area contributed by atoms with Crippen molar-refractivity contribution in [3.05, 3.63) is 0 Å². The van der Waals surface area contributed by atoms with Gasteiger partial charge in [0.15, 0.2) is 5.96 Å². The zero-order chi connectivity index (χ0) is 20.2. The van der Waals surface area contributed by atoms with E-state index in [9.17, 15) is 14.4 Å². The van der Waals surface area contributed by atoms with Gasteiger partial charge in [0.1, 0.15) is 11.6 Å². The second-order valence-electron chi connectivity index (χ2n) is 6.06. The number of carbonyl (C=O) groups excluding carboxylic acids is 3. The van der Waals surface area contributed by atoms with Crippen LogP contribution < -0.4 is 27.4 Å². The van der Waals surface area contributed by atoms with Crippen molar-refractivity contribution in [1.29, 1.82) is 0 Å². The van der Waals surface area contributed by atoms with E-state index in [2.05, 4.69) is 20.9 Å². The molecule has 0 aromatic rings. The Kier molecular flexibility index (Phi) is 11.0. The first-order valence-corrected chi connectivity index (χ1v) is 9.21.